The molecule has 1 heterocycles. The van der Waals surface area contributed by atoms with Crippen LogP contribution in [0.2, 0.25) is 0 Å². The highest BCUT2D eigenvalue weighted by atomic mass is 16.4. The lowest BCUT2D eigenvalue weighted by atomic mass is 9.84. The normalized spacial score (nSPS) is 34.2. The average Bonchev–Trinajstić information content (AvgIpc) is 2.67. The van der Waals surface area contributed by atoms with Gasteiger partial charge < -0.3 is 15.7 Å². The van der Waals surface area contributed by atoms with Crippen LogP contribution in [0.4, 0.5) is 0 Å². The van der Waals surface area contributed by atoms with E-state index in [-0.39, 0.29) is 11.9 Å². The molecule has 5 heteroatoms. The summed E-state index contributed by atoms with van der Waals surface area (Å²) in [6.45, 7) is 1.62. The molecule has 0 bridgehead atoms. The number of carbonyl (C=O) groups excluding carboxylic acids is 1. The number of carboxylic acid groups (broad SMARTS) is 1. The number of amides is 1. The first-order chi connectivity index (χ1) is 8.02. The number of likely N-dealkylation sites (tertiary alicyclic amines) is 1. The molecule has 1 amide bonds. The lowest BCUT2D eigenvalue weighted by molar-refractivity contribution is -0.150. The second kappa shape index (κ2) is 4.64. The van der Waals surface area contributed by atoms with E-state index in [9.17, 15) is 14.7 Å². The minimum absolute atomic E-state index is 0.100. The van der Waals surface area contributed by atoms with E-state index in [1.165, 1.54) is 0 Å². The predicted molar refractivity (Wildman–Crippen MR) is 62.3 cm³/mol. The summed E-state index contributed by atoms with van der Waals surface area (Å²) < 4.78 is 0. The third kappa shape index (κ3) is 2.16. The SMILES string of the molecule is CC(N)C(=O)N1C(C(=O)O)CC2CCCC[C@@H]21. The number of hydrogen-bond acceptors (Lipinski definition) is 3. The third-order valence-electron chi connectivity index (χ3n) is 4.02. The molecule has 1 saturated carbocycles. The van der Waals surface area contributed by atoms with Crippen LogP contribution in [0.3, 0.4) is 0 Å². The van der Waals surface area contributed by atoms with Gasteiger partial charge in [-0.1, -0.05) is 12.8 Å². The van der Waals surface area contributed by atoms with Crippen molar-refractivity contribution in [1.82, 2.24) is 4.90 Å². The van der Waals surface area contributed by atoms with Crippen molar-refractivity contribution < 1.29 is 14.7 Å². The lowest BCUT2D eigenvalue weighted by Crippen LogP contribution is -2.51. The van der Waals surface area contributed by atoms with Crippen LogP contribution < -0.4 is 5.73 Å². The summed E-state index contributed by atoms with van der Waals surface area (Å²) in [5.74, 6) is -0.757. The second-order valence-electron chi connectivity index (χ2n) is 5.24. The molecule has 0 aromatic carbocycles. The van der Waals surface area contributed by atoms with Gasteiger partial charge in [-0.3, -0.25) is 4.79 Å². The van der Waals surface area contributed by atoms with Crippen molar-refractivity contribution in [2.75, 3.05) is 0 Å². The summed E-state index contributed by atoms with van der Waals surface area (Å²) in [6.07, 6.45) is 4.78. The Bertz CT molecular complexity index is 330. The summed E-state index contributed by atoms with van der Waals surface area (Å²) in [5, 5.41) is 9.23. The van der Waals surface area contributed by atoms with Gasteiger partial charge in [-0.15, -0.1) is 0 Å². The van der Waals surface area contributed by atoms with E-state index in [1.807, 2.05) is 0 Å². The topological polar surface area (TPSA) is 83.6 Å². The Balaban J connectivity index is 2.23. The predicted octanol–water partition coefficient (Wildman–Crippen LogP) is 0.578. The van der Waals surface area contributed by atoms with Crippen LogP contribution in [0.15, 0.2) is 0 Å². The van der Waals surface area contributed by atoms with Crippen LogP contribution in [0, 0.1) is 5.92 Å². The number of rotatable bonds is 2. The maximum Gasteiger partial charge on any atom is 0.326 e. The van der Waals surface area contributed by atoms with Gasteiger partial charge in [0.2, 0.25) is 5.91 Å². The Morgan fingerprint density at radius 3 is 2.59 bits per heavy atom. The van der Waals surface area contributed by atoms with E-state index in [2.05, 4.69) is 0 Å². The van der Waals surface area contributed by atoms with Gasteiger partial charge in [0.1, 0.15) is 6.04 Å². The molecule has 96 valence electrons. The number of fused-ring (bicyclic) bond motifs is 1. The van der Waals surface area contributed by atoms with E-state index < -0.39 is 18.1 Å². The summed E-state index contributed by atoms with van der Waals surface area (Å²) in [4.78, 5) is 24.9. The lowest BCUT2D eigenvalue weighted by Gasteiger charge is -2.33. The van der Waals surface area contributed by atoms with E-state index >= 15 is 0 Å². The van der Waals surface area contributed by atoms with Crippen molar-refractivity contribution in [3.63, 3.8) is 0 Å². The van der Waals surface area contributed by atoms with Gasteiger partial charge >= 0.3 is 5.97 Å². The number of hydrogen-bond donors (Lipinski definition) is 2. The zero-order chi connectivity index (χ0) is 12.6. The highest BCUT2D eigenvalue weighted by molar-refractivity contribution is 5.87. The van der Waals surface area contributed by atoms with Crippen molar-refractivity contribution in [2.45, 2.75) is 57.2 Å². The molecule has 0 aromatic rings. The van der Waals surface area contributed by atoms with E-state index in [1.54, 1.807) is 11.8 Å². The zero-order valence-corrected chi connectivity index (χ0v) is 10.1. The van der Waals surface area contributed by atoms with Crippen molar-refractivity contribution >= 4 is 11.9 Å². The summed E-state index contributed by atoms with van der Waals surface area (Å²) in [7, 11) is 0. The highest BCUT2D eigenvalue weighted by Gasteiger charge is 2.47. The van der Waals surface area contributed by atoms with Gasteiger partial charge in [0.05, 0.1) is 6.04 Å². The Kier molecular flexibility index (Phi) is 3.38. The van der Waals surface area contributed by atoms with Crippen LogP contribution in [-0.2, 0) is 9.59 Å². The van der Waals surface area contributed by atoms with Gasteiger partial charge in [-0.2, -0.15) is 0 Å². The average molecular weight is 240 g/mol. The third-order valence-corrected chi connectivity index (χ3v) is 4.02. The van der Waals surface area contributed by atoms with E-state index in [0.717, 1.165) is 25.7 Å². The van der Waals surface area contributed by atoms with E-state index in [0.29, 0.717) is 12.3 Å². The van der Waals surface area contributed by atoms with Crippen molar-refractivity contribution in [3.8, 4) is 0 Å². The van der Waals surface area contributed by atoms with Crippen molar-refractivity contribution in [3.05, 3.63) is 0 Å². The summed E-state index contributed by atoms with van der Waals surface area (Å²) >= 11 is 0. The molecular formula is C12H20N2O3. The first-order valence-corrected chi connectivity index (χ1v) is 6.33. The van der Waals surface area contributed by atoms with Gasteiger partial charge in [0, 0.05) is 6.04 Å². The Morgan fingerprint density at radius 2 is 2.00 bits per heavy atom. The maximum absolute atomic E-state index is 12.1. The fraction of sp³-hybridized carbons (Fsp3) is 0.833. The minimum atomic E-state index is -0.895. The quantitative estimate of drug-likeness (QED) is 0.739. The van der Waals surface area contributed by atoms with Gasteiger partial charge in [0.25, 0.3) is 0 Å². The molecule has 5 nitrogen and oxygen atoms in total. The number of carbonyl (C=O) groups is 2. The first-order valence-electron chi connectivity index (χ1n) is 6.33. The van der Waals surface area contributed by atoms with Gasteiger partial charge in [0.15, 0.2) is 0 Å². The maximum atomic E-state index is 12.1. The molecule has 1 saturated heterocycles. The molecule has 2 fully saturated rings. The van der Waals surface area contributed by atoms with Crippen LogP contribution in [-0.4, -0.2) is 40.0 Å². The Hall–Kier alpha value is -1.10. The molecule has 0 radical (unpaired) electrons. The molecule has 0 spiro atoms. The minimum Gasteiger partial charge on any atom is -0.480 e. The molecule has 1 aliphatic carbocycles. The molecule has 1 aliphatic heterocycles. The van der Waals surface area contributed by atoms with Crippen LogP contribution in [0.1, 0.15) is 39.0 Å². The molecule has 2 aliphatic rings. The fourth-order valence-electron chi connectivity index (χ4n) is 3.23. The van der Waals surface area contributed by atoms with Crippen molar-refractivity contribution in [1.29, 1.82) is 0 Å². The first kappa shape index (κ1) is 12.4. The molecular weight excluding hydrogens is 220 g/mol. The van der Waals surface area contributed by atoms with E-state index in [4.69, 9.17) is 5.73 Å². The monoisotopic (exact) mass is 240 g/mol. The van der Waals surface area contributed by atoms with Crippen LogP contribution in [0.5, 0.6) is 0 Å². The zero-order valence-electron chi connectivity index (χ0n) is 10.1. The Morgan fingerprint density at radius 1 is 1.35 bits per heavy atom. The number of aliphatic carboxylic acids is 1. The molecule has 3 unspecified atom stereocenters. The highest BCUT2D eigenvalue weighted by Crippen LogP contribution is 2.39. The van der Waals surface area contributed by atoms with Crippen molar-refractivity contribution in [2.24, 2.45) is 11.7 Å². The largest absolute Gasteiger partial charge is 0.480 e. The number of nitrogens with two attached hydrogens (primary N) is 1. The Labute approximate surface area is 101 Å². The number of nitrogens with zero attached hydrogens (tertiary/aromatic N) is 1. The standard InChI is InChI=1S/C12H20N2O3/c1-7(13)11(15)14-9-5-3-2-4-8(9)6-10(14)12(16)17/h7-10H,2-6,13H2,1H3,(H,16,17)/t7?,8?,9-,10?/m0/s1. The molecule has 0 aromatic heterocycles. The van der Waals surface area contributed by atoms with Gasteiger partial charge in [-0.25, -0.2) is 4.79 Å². The molecule has 4 atom stereocenters. The molecule has 3 N–H and O–H groups in total. The second-order valence-corrected chi connectivity index (χ2v) is 5.24. The summed E-state index contributed by atoms with van der Waals surface area (Å²) in [5.41, 5.74) is 5.62. The molecule has 2 rings (SSSR count). The smallest absolute Gasteiger partial charge is 0.326 e. The van der Waals surface area contributed by atoms with Crippen LogP contribution >= 0.6 is 0 Å². The van der Waals surface area contributed by atoms with Gasteiger partial charge in [-0.05, 0) is 32.1 Å². The summed E-state index contributed by atoms with van der Waals surface area (Å²) in [6, 6.07) is -1.18. The number of carboxylic acids is 1. The fourth-order valence-corrected chi connectivity index (χ4v) is 3.23. The van der Waals surface area contributed by atoms with Crippen LogP contribution in [0.25, 0.3) is 0 Å². The molecule has 17 heavy (non-hydrogen) atoms.